The summed E-state index contributed by atoms with van der Waals surface area (Å²) < 4.78 is 10.6. The lowest BCUT2D eigenvalue weighted by Crippen LogP contribution is -2.37. The first-order valence-corrected chi connectivity index (χ1v) is 10.3. The number of methoxy groups -OCH3 is 2. The maximum Gasteiger partial charge on any atom is 0.295 e. The number of benzene rings is 2. The highest BCUT2D eigenvalue weighted by atomic mass is 16.5. The molecule has 2 N–H and O–H groups in total. The molecule has 7 heteroatoms. The maximum absolute atomic E-state index is 13.2. The van der Waals surface area contributed by atoms with Crippen LogP contribution in [0.2, 0.25) is 0 Å². The van der Waals surface area contributed by atoms with Crippen molar-refractivity contribution < 1.29 is 29.3 Å². The number of aromatic hydroxyl groups is 1. The number of amides is 1. The van der Waals surface area contributed by atoms with E-state index in [-0.39, 0.29) is 28.7 Å². The van der Waals surface area contributed by atoms with Gasteiger partial charge >= 0.3 is 0 Å². The third-order valence-electron chi connectivity index (χ3n) is 6.05. The summed E-state index contributed by atoms with van der Waals surface area (Å²) in [5.41, 5.74) is 0.806. The number of rotatable bonds is 5. The van der Waals surface area contributed by atoms with E-state index in [1.165, 1.54) is 26.4 Å². The average molecular weight is 423 g/mol. The van der Waals surface area contributed by atoms with Crippen LogP contribution in [0.5, 0.6) is 17.2 Å². The number of ether oxygens (including phenoxy) is 2. The molecule has 2 aromatic rings. The lowest BCUT2D eigenvalue weighted by atomic mass is 9.94. The normalized spacial score (nSPS) is 21.0. The van der Waals surface area contributed by atoms with Crippen LogP contribution in [0.3, 0.4) is 0 Å². The first kappa shape index (κ1) is 20.8. The molecule has 4 rings (SSSR count). The van der Waals surface area contributed by atoms with Crippen LogP contribution < -0.4 is 9.47 Å². The summed E-state index contributed by atoms with van der Waals surface area (Å²) in [6, 6.07) is 10.4. The minimum absolute atomic E-state index is 0.0194. The van der Waals surface area contributed by atoms with Crippen LogP contribution in [0.1, 0.15) is 42.9 Å². The van der Waals surface area contributed by atoms with E-state index in [1.54, 1.807) is 35.2 Å². The van der Waals surface area contributed by atoms with Crippen LogP contribution in [-0.2, 0) is 9.59 Å². The Morgan fingerprint density at radius 1 is 1.03 bits per heavy atom. The number of nitrogens with zero attached hydrogens (tertiary/aromatic N) is 1. The van der Waals surface area contributed by atoms with Crippen molar-refractivity contribution in [3.05, 3.63) is 59.2 Å². The van der Waals surface area contributed by atoms with Crippen LogP contribution in [0.15, 0.2) is 48.0 Å². The van der Waals surface area contributed by atoms with Gasteiger partial charge in [0.25, 0.3) is 11.7 Å². The number of phenolic OH excluding ortho intramolecular Hbond substituents is 1. The van der Waals surface area contributed by atoms with E-state index >= 15 is 0 Å². The summed E-state index contributed by atoms with van der Waals surface area (Å²) >= 11 is 0. The van der Waals surface area contributed by atoms with Crippen LogP contribution in [0.25, 0.3) is 5.76 Å². The van der Waals surface area contributed by atoms with Crippen molar-refractivity contribution in [3.63, 3.8) is 0 Å². The summed E-state index contributed by atoms with van der Waals surface area (Å²) in [4.78, 5) is 27.8. The molecule has 0 bridgehead atoms. The number of ketones is 1. The molecule has 7 nitrogen and oxygen atoms in total. The zero-order chi connectivity index (χ0) is 22.1. The Morgan fingerprint density at radius 2 is 1.77 bits per heavy atom. The summed E-state index contributed by atoms with van der Waals surface area (Å²) in [6.07, 6.45) is 3.55. The van der Waals surface area contributed by atoms with Crippen molar-refractivity contribution in [1.29, 1.82) is 0 Å². The van der Waals surface area contributed by atoms with E-state index < -0.39 is 17.7 Å². The molecule has 1 heterocycles. The SMILES string of the molecule is COc1ccc(OC)c(/C(O)=C2\C(=O)C(=O)N(C3CCCC3)C2c2cccc(O)c2)c1. The van der Waals surface area contributed by atoms with Gasteiger partial charge in [-0.1, -0.05) is 25.0 Å². The lowest BCUT2D eigenvalue weighted by Gasteiger charge is -2.30. The molecule has 0 spiro atoms. The van der Waals surface area contributed by atoms with Gasteiger partial charge in [-0.05, 0) is 48.7 Å². The quantitative estimate of drug-likeness (QED) is 0.432. The van der Waals surface area contributed by atoms with E-state index in [0.29, 0.717) is 17.1 Å². The fraction of sp³-hybridized carbons (Fsp3) is 0.333. The fourth-order valence-corrected chi connectivity index (χ4v) is 4.58. The monoisotopic (exact) mass is 423 g/mol. The van der Waals surface area contributed by atoms with Gasteiger partial charge in [0, 0.05) is 6.04 Å². The molecule has 2 aliphatic rings. The second kappa shape index (κ2) is 8.34. The van der Waals surface area contributed by atoms with Crippen molar-refractivity contribution in [2.75, 3.05) is 14.2 Å². The number of carbonyl (C=O) groups excluding carboxylic acids is 2. The molecule has 0 aromatic heterocycles. The van der Waals surface area contributed by atoms with Gasteiger partial charge in [0.15, 0.2) is 0 Å². The predicted octanol–water partition coefficient (Wildman–Crippen LogP) is 3.77. The Hall–Kier alpha value is -3.48. The largest absolute Gasteiger partial charge is 0.508 e. The standard InChI is InChI=1S/C24H25NO6/c1-30-17-10-11-19(31-2)18(13-17)22(27)20-21(14-6-5-9-16(26)12-14)25(24(29)23(20)28)15-7-3-4-8-15/h5-6,9-13,15,21,26-27H,3-4,7-8H2,1-2H3/b22-20+. The number of hydrogen-bond acceptors (Lipinski definition) is 6. The lowest BCUT2D eigenvalue weighted by molar-refractivity contribution is -0.141. The summed E-state index contributed by atoms with van der Waals surface area (Å²) in [5.74, 6) is -0.871. The van der Waals surface area contributed by atoms with Gasteiger partial charge in [-0.2, -0.15) is 0 Å². The Morgan fingerprint density at radius 3 is 2.42 bits per heavy atom. The molecule has 162 valence electrons. The maximum atomic E-state index is 13.2. The van der Waals surface area contributed by atoms with Gasteiger partial charge in [-0.15, -0.1) is 0 Å². The molecule has 2 aromatic carbocycles. The molecule has 1 aliphatic carbocycles. The van der Waals surface area contributed by atoms with Gasteiger partial charge in [-0.25, -0.2) is 0 Å². The molecule has 2 fully saturated rings. The number of likely N-dealkylation sites (tertiary alicyclic amines) is 1. The van der Waals surface area contributed by atoms with Crippen molar-refractivity contribution in [2.24, 2.45) is 0 Å². The number of carbonyl (C=O) groups is 2. The van der Waals surface area contributed by atoms with Gasteiger partial charge < -0.3 is 24.6 Å². The highest BCUT2D eigenvalue weighted by Crippen LogP contribution is 2.45. The van der Waals surface area contributed by atoms with Crippen molar-refractivity contribution in [2.45, 2.75) is 37.8 Å². The van der Waals surface area contributed by atoms with E-state index in [2.05, 4.69) is 0 Å². The van der Waals surface area contributed by atoms with Crippen LogP contribution in [0.4, 0.5) is 0 Å². The smallest absolute Gasteiger partial charge is 0.295 e. The molecule has 1 aliphatic heterocycles. The van der Waals surface area contributed by atoms with Crippen molar-refractivity contribution in [3.8, 4) is 17.2 Å². The zero-order valence-electron chi connectivity index (χ0n) is 17.5. The summed E-state index contributed by atoms with van der Waals surface area (Å²) in [6.45, 7) is 0. The van der Waals surface area contributed by atoms with E-state index in [0.717, 1.165) is 25.7 Å². The van der Waals surface area contributed by atoms with Crippen molar-refractivity contribution in [1.82, 2.24) is 4.90 Å². The van der Waals surface area contributed by atoms with Crippen LogP contribution in [-0.4, -0.2) is 47.1 Å². The molecular formula is C24H25NO6. The van der Waals surface area contributed by atoms with Gasteiger partial charge in [0.05, 0.1) is 31.4 Å². The summed E-state index contributed by atoms with van der Waals surface area (Å²) in [5, 5.41) is 21.3. The third-order valence-corrected chi connectivity index (χ3v) is 6.05. The first-order valence-electron chi connectivity index (χ1n) is 10.3. The van der Waals surface area contributed by atoms with Crippen LogP contribution in [0, 0.1) is 0 Å². The molecular weight excluding hydrogens is 398 g/mol. The number of hydrogen-bond donors (Lipinski definition) is 2. The minimum atomic E-state index is -0.800. The molecule has 1 saturated carbocycles. The van der Waals surface area contributed by atoms with E-state index in [4.69, 9.17) is 9.47 Å². The highest BCUT2D eigenvalue weighted by molar-refractivity contribution is 6.46. The molecule has 0 radical (unpaired) electrons. The van der Waals surface area contributed by atoms with Gasteiger partial charge in [-0.3, -0.25) is 9.59 Å². The molecule has 1 atom stereocenters. The Kier molecular flexibility index (Phi) is 5.59. The third kappa shape index (κ3) is 3.60. The Balaban J connectivity index is 1.94. The number of phenols is 1. The minimum Gasteiger partial charge on any atom is -0.508 e. The Bertz CT molecular complexity index is 1050. The second-order valence-electron chi connectivity index (χ2n) is 7.81. The number of Topliss-reactive ketones (excluding diaryl/α,β-unsaturated/α-hetero) is 1. The summed E-state index contributed by atoms with van der Waals surface area (Å²) in [7, 11) is 2.96. The molecule has 1 unspecified atom stereocenters. The predicted molar refractivity (Wildman–Crippen MR) is 114 cm³/mol. The van der Waals surface area contributed by atoms with Gasteiger partial charge in [0.2, 0.25) is 0 Å². The van der Waals surface area contributed by atoms with E-state index in [1.807, 2.05) is 0 Å². The Labute approximate surface area is 180 Å². The second-order valence-corrected chi connectivity index (χ2v) is 7.81. The fourth-order valence-electron chi connectivity index (χ4n) is 4.58. The number of aliphatic hydroxyl groups excluding tert-OH is 1. The van der Waals surface area contributed by atoms with E-state index in [9.17, 15) is 19.8 Å². The van der Waals surface area contributed by atoms with Crippen molar-refractivity contribution >= 4 is 17.4 Å². The van der Waals surface area contributed by atoms with Crippen LogP contribution >= 0.6 is 0 Å². The number of aliphatic hydroxyl groups is 1. The average Bonchev–Trinajstić information content (AvgIpc) is 3.39. The van der Waals surface area contributed by atoms with Gasteiger partial charge in [0.1, 0.15) is 23.0 Å². The molecule has 31 heavy (non-hydrogen) atoms. The first-order chi connectivity index (χ1) is 15.0. The molecule has 1 saturated heterocycles. The topological polar surface area (TPSA) is 96.3 Å². The molecule has 1 amide bonds. The zero-order valence-corrected chi connectivity index (χ0v) is 17.5. The highest BCUT2D eigenvalue weighted by Gasteiger charge is 2.49.